The van der Waals surface area contributed by atoms with Gasteiger partial charge in [-0.15, -0.1) is 0 Å². The summed E-state index contributed by atoms with van der Waals surface area (Å²) in [6, 6.07) is 12.1. The molecule has 0 aliphatic carbocycles. The molecule has 1 heterocycles. The lowest BCUT2D eigenvalue weighted by molar-refractivity contribution is 0.176. The van der Waals surface area contributed by atoms with Crippen LogP contribution >= 0.6 is 21.6 Å². The molecule has 6 N–H and O–H groups in total. The highest BCUT2D eigenvalue weighted by molar-refractivity contribution is 8.76. The maximum atomic E-state index is 11.6. The van der Waals surface area contributed by atoms with Gasteiger partial charge in [0.25, 0.3) is 0 Å². The number of aliphatic hydroxyl groups excluding tert-OH is 1. The third-order valence-corrected chi connectivity index (χ3v) is 7.86. The van der Waals surface area contributed by atoms with Gasteiger partial charge in [-0.2, -0.15) is 0 Å². The number of hydrogen-bond acceptors (Lipinski definition) is 9. The number of phenolic OH excluding ortho intramolecular Hbond substituents is 1. The summed E-state index contributed by atoms with van der Waals surface area (Å²) < 4.78 is 11.4. The Morgan fingerprint density at radius 1 is 1.11 bits per heavy atom. The lowest BCUT2D eigenvalue weighted by Crippen LogP contribution is -2.24. The first kappa shape index (κ1) is 27.2. The third-order valence-electron chi connectivity index (χ3n) is 5.34. The zero-order chi connectivity index (χ0) is 25.0. The molecule has 0 bridgehead atoms. The summed E-state index contributed by atoms with van der Waals surface area (Å²) in [7, 11) is 5.24. The van der Waals surface area contributed by atoms with E-state index in [1.165, 1.54) is 12.1 Å². The summed E-state index contributed by atoms with van der Waals surface area (Å²) in [5.41, 5.74) is 7.24. The molecular formula is C25H33N3O5S2. The number of rotatable bonds is 15. The topological polar surface area (TPSA) is 130 Å². The number of ether oxygens (including phenoxy) is 2. The van der Waals surface area contributed by atoms with Crippen LogP contribution in [-0.4, -0.2) is 60.1 Å². The van der Waals surface area contributed by atoms with E-state index in [1.807, 2.05) is 29.0 Å². The van der Waals surface area contributed by atoms with E-state index in [-0.39, 0.29) is 11.3 Å². The molecule has 1 atom stereocenters. The molecule has 0 radical (unpaired) electrons. The molecule has 10 heteroatoms. The molecule has 1 aromatic heterocycles. The van der Waals surface area contributed by atoms with E-state index in [2.05, 4.69) is 10.3 Å². The van der Waals surface area contributed by atoms with Crippen molar-refractivity contribution >= 4 is 32.5 Å². The Morgan fingerprint density at radius 2 is 1.94 bits per heavy atom. The molecular weight excluding hydrogens is 486 g/mol. The first-order chi connectivity index (χ1) is 17.0. The predicted octanol–water partition coefficient (Wildman–Crippen LogP) is 3.22. The standard InChI is InChI=1S/C25H33N3O5S2/c1-32-23-15-17(3-7-22(23)33-12-2-13-34-35-14-10-26)9-11-27-16-21(30)18-4-6-20(29)25-19(18)5-8-24(31)28-25/h3-8,15,21,27,29-30H,2,9-14,16,26H2,1H3,(H,28,31)/t21-/m0/s1. The zero-order valence-corrected chi connectivity index (χ0v) is 21.4. The zero-order valence-electron chi connectivity index (χ0n) is 19.8. The van der Waals surface area contributed by atoms with E-state index in [0.717, 1.165) is 35.7 Å². The highest BCUT2D eigenvalue weighted by Gasteiger charge is 2.14. The van der Waals surface area contributed by atoms with Gasteiger partial charge in [0.15, 0.2) is 11.5 Å². The van der Waals surface area contributed by atoms with E-state index in [1.54, 1.807) is 30.0 Å². The third kappa shape index (κ3) is 8.08. The number of pyridine rings is 1. The van der Waals surface area contributed by atoms with Crippen molar-refractivity contribution in [1.29, 1.82) is 0 Å². The predicted molar refractivity (Wildman–Crippen MR) is 145 cm³/mol. The van der Waals surface area contributed by atoms with Crippen molar-refractivity contribution < 1.29 is 19.7 Å². The fourth-order valence-electron chi connectivity index (χ4n) is 3.58. The van der Waals surface area contributed by atoms with Gasteiger partial charge in [-0.25, -0.2) is 0 Å². The minimum atomic E-state index is -0.791. The van der Waals surface area contributed by atoms with Crippen LogP contribution in [0.15, 0.2) is 47.3 Å². The summed E-state index contributed by atoms with van der Waals surface area (Å²) in [6.45, 7) is 2.32. The van der Waals surface area contributed by atoms with E-state index in [0.29, 0.717) is 48.5 Å². The van der Waals surface area contributed by atoms with Crippen LogP contribution in [0.25, 0.3) is 10.9 Å². The van der Waals surface area contributed by atoms with Crippen molar-refractivity contribution in [1.82, 2.24) is 10.3 Å². The van der Waals surface area contributed by atoms with Crippen molar-refractivity contribution in [3.63, 3.8) is 0 Å². The average Bonchev–Trinajstić information content (AvgIpc) is 2.87. The summed E-state index contributed by atoms with van der Waals surface area (Å²) >= 11 is 0. The van der Waals surface area contributed by atoms with E-state index < -0.39 is 6.10 Å². The Balaban J connectivity index is 1.47. The number of nitrogens with two attached hydrogens (primary N) is 1. The number of aromatic hydroxyl groups is 1. The van der Waals surface area contributed by atoms with Gasteiger partial charge in [-0.1, -0.05) is 33.7 Å². The Bertz CT molecular complexity index is 1140. The fourth-order valence-corrected chi connectivity index (χ4v) is 5.50. The van der Waals surface area contributed by atoms with Gasteiger partial charge in [0.05, 0.1) is 25.3 Å². The molecule has 0 spiro atoms. The number of methoxy groups -OCH3 is 1. The van der Waals surface area contributed by atoms with Gasteiger partial charge < -0.3 is 35.7 Å². The maximum absolute atomic E-state index is 11.6. The average molecular weight is 520 g/mol. The molecule has 3 aromatic rings. The minimum Gasteiger partial charge on any atom is -0.506 e. The molecule has 0 saturated heterocycles. The number of H-pyrrole nitrogens is 1. The molecule has 0 unspecified atom stereocenters. The van der Waals surface area contributed by atoms with E-state index in [4.69, 9.17) is 15.2 Å². The van der Waals surface area contributed by atoms with Crippen molar-refractivity contribution in [2.45, 2.75) is 18.9 Å². The molecule has 35 heavy (non-hydrogen) atoms. The monoisotopic (exact) mass is 519 g/mol. The summed E-state index contributed by atoms with van der Waals surface area (Å²) in [4.78, 5) is 14.2. The Hall–Kier alpha value is -2.37. The summed E-state index contributed by atoms with van der Waals surface area (Å²) in [5.74, 6) is 3.39. The second-order valence-electron chi connectivity index (χ2n) is 7.87. The van der Waals surface area contributed by atoms with Crippen LogP contribution in [0.5, 0.6) is 17.2 Å². The number of aromatic amines is 1. The van der Waals surface area contributed by atoms with Crippen molar-refractivity contribution in [2.24, 2.45) is 5.73 Å². The van der Waals surface area contributed by atoms with Crippen molar-refractivity contribution in [3.8, 4) is 17.2 Å². The number of benzene rings is 2. The number of aliphatic hydroxyl groups is 1. The van der Waals surface area contributed by atoms with Gasteiger partial charge in [-0.3, -0.25) is 4.79 Å². The minimum absolute atomic E-state index is 0.0246. The lowest BCUT2D eigenvalue weighted by atomic mass is 10.0. The van der Waals surface area contributed by atoms with Gasteiger partial charge in [0.2, 0.25) is 5.56 Å². The summed E-state index contributed by atoms with van der Waals surface area (Å²) in [6.07, 6.45) is 0.912. The number of fused-ring (bicyclic) bond motifs is 1. The Kier molecular flexibility index (Phi) is 11.1. The van der Waals surface area contributed by atoms with Crippen LogP contribution in [0.1, 0.15) is 23.7 Å². The molecule has 190 valence electrons. The number of nitrogens with one attached hydrogen (secondary N) is 2. The second-order valence-corrected chi connectivity index (χ2v) is 10.6. The quantitative estimate of drug-likeness (QED) is 0.152. The van der Waals surface area contributed by atoms with Crippen LogP contribution in [0, 0.1) is 0 Å². The molecule has 3 rings (SSSR count). The van der Waals surface area contributed by atoms with Crippen molar-refractivity contribution in [2.75, 3.05) is 44.9 Å². The molecule has 0 amide bonds. The molecule has 8 nitrogen and oxygen atoms in total. The fraction of sp³-hybridized carbons (Fsp3) is 0.400. The van der Waals surface area contributed by atoms with Crippen LogP contribution in [-0.2, 0) is 6.42 Å². The normalized spacial score (nSPS) is 12.1. The Morgan fingerprint density at radius 3 is 2.74 bits per heavy atom. The van der Waals surface area contributed by atoms with Crippen molar-refractivity contribution in [3.05, 3.63) is 63.9 Å². The molecule has 0 aliphatic heterocycles. The highest BCUT2D eigenvalue weighted by atomic mass is 33.1. The Labute approximate surface area is 213 Å². The van der Waals surface area contributed by atoms with Crippen LogP contribution in [0.2, 0.25) is 0 Å². The lowest BCUT2D eigenvalue weighted by Gasteiger charge is -2.16. The van der Waals surface area contributed by atoms with E-state index >= 15 is 0 Å². The number of phenols is 1. The van der Waals surface area contributed by atoms with Gasteiger partial charge in [-0.05, 0) is 54.8 Å². The van der Waals surface area contributed by atoms with Gasteiger partial charge in [0, 0.05) is 36.0 Å². The van der Waals surface area contributed by atoms with Gasteiger partial charge >= 0.3 is 0 Å². The van der Waals surface area contributed by atoms with Crippen LogP contribution < -0.4 is 26.1 Å². The first-order valence-electron chi connectivity index (χ1n) is 11.5. The largest absolute Gasteiger partial charge is 0.506 e. The smallest absolute Gasteiger partial charge is 0.248 e. The summed E-state index contributed by atoms with van der Waals surface area (Å²) in [5, 5.41) is 24.6. The second kappa shape index (κ2) is 14.3. The van der Waals surface area contributed by atoms with E-state index in [9.17, 15) is 15.0 Å². The molecule has 0 fully saturated rings. The molecule has 0 saturated carbocycles. The maximum Gasteiger partial charge on any atom is 0.248 e. The SMILES string of the molecule is COc1cc(CCNC[C@H](O)c2ccc(O)c3[nH]c(=O)ccc23)ccc1OCCCSSCCN. The van der Waals surface area contributed by atoms with Gasteiger partial charge in [0.1, 0.15) is 5.75 Å². The highest BCUT2D eigenvalue weighted by Crippen LogP contribution is 2.30. The van der Waals surface area contributed by atoms with Crippen LogP contribution in [0.4, 0.5) is 0 Å². The number of aromatic nitrogens is 1. The molecule has 2 aromatic carbocycles. The first-order valence-corrected chi connectivity index (χ1v) is 14.0. The molecule has 0 aliphatic rings. The number of hydrogen-bond donors (Lipinski definition) is 5. The van der Waals surface area contributed by atoms with Crippen LogP contribution in [0.3, 0.4) is 0 Å².